The molecule has 7 nitrogen and oxygen atoms in total. The Hall–Kier alpha value is -3.22. The number of carbonyl (C=O) groups is 2. The SMILES string of the molecule is COc1ccc(NC(=O)C2CC(=O)N(c3ccc(OC)c(OC)c3)C2)cc1. The van der Waals surface area contributed by atoms with Crippen molar-refractivity contribution >= 4 is 23.2 Å². The highest BCUT2D eigenvalue weighted by molar-refractivity contribution is 6.03. The van der Waals surface area contributed by atoms with E-state index in [2.05, 4.69) is 5.32 Å². The number of carbonyl (C=O) groups excluding carboxylic acids is 2. The van der Waals surface area contributed by atoms with Crippen molar-refractivity contribution in [3.63, 3.8) is 0 Å². The van der Waals surface area contributed by atoms with Gasteiger partial charge in [0.05, 0.1) is 27.2 Å². The largest absolute Gasteiger partial charge is 0.497 e. The molecule has 1 saturated heterocycles. The van der Waals surface area contributed by atoms with Crippen LogP contribution >= 0.6 is 0 Å². The summed E-state index contributed by atoms with van der Waals surface area (Å²) in [6.07, 6.45) is 0.163. The van der Waals surface area contributed by atoms with Gasteiger partial charge in [-0.3, -0.25) is 9.59 Å². The summed E-state index contributed by atoms with van der Waals surface area (Å²) in [4.78, 5) is 26.6. The molecule has 0 aromatic heterocycles. The number of amides is 2. The Morgan fingerprint density at radius 1 is 1.00 bits per heavy atom. The Morgan fingerprint density at radius 2 is 1.70 bits per heavy atom. The average molecular weight is 370 g/mol. The first kappa shape index (κ1) is 18.6. The van der Waals surface area contributed by atoms with Crippen molar-refractivity contribution in [2.45, 2.75) is 6.42 Å². The molecule has 3 rings (SSSR count). The van der Waals surface area contributed by atoms with Crippen molar-refractivity contribution in [3.05, 3.63) is 42.5 Å². The van der Waals surface area contributed by atoms with Crippen LogP contribution in [0.5, 0.6) is 17.2 Å². The van der Waals surface area contributed by atoms with Crippen LogP contribution in [0.2, 0.25) is 0 Å². The number of nitrogens with zero attached hydrogens (tertiary/aromatic N) is 1. The predicted octanol–water partition coefficient (Wildman–Crippen LogP) is 2.70. The minimum atomic E-state index is -0.423. The maximum Gasteiger partial charge on any atom is 0.229 e. The quantitative estimate of drug-likeness (QED) is 0.846. The number of nitrogens with one attached hydrogen (secondary N) is 1. The molecule has 2 aromatic rings. The zero-order chi connectivity index (χ0) is 19.4. The molecule has 0 saturated carbocycles. The number of hydrogen-bond acceptors (Lipinski definition) is 5. The van der Waals surface area contributed by atoms with E-state index in [9.17, 15) is 9.59 Å². The van der Waals surface area contributed by atoms with Crippen LogP contribution in [0.3, 0.4) is 0 Å². The predicted molar refractivity (Wildman–Crippen MR) is 102 cm³/mol. The second-order valence-electron chi connectivity index (χ2n) is 6.16. The normalized spacial score (nSPS) is 16.2. The molecule has 1 aliphatic rings. The van der Waals surface area contributed by atoms with Crippen LogP contribution in [0.15, 0.2) is 42.5 Å². The van der Waals surface area contributed by atoms with E-state index in [1.807, 2.05) is 0 Å². The van der Waals surface area contributed by atoms with Gasteiger partial charge in [-0.15, -0.1) is 0 Å². The first-order valence-corrected chi connectivity index (χ1v) is 8.53. The topological polar surface area (TPSA) is 77.1 Å². The number of benzene rings is 2. The van der Waals surface area contributed by atoms with Crippen LogP contribution in [-0.2, 0) is 9.59 Å². The number of rotatable bonds is 6. The van der Waals surface area contributed by atoms with E-state index in [0.717, 1.165) is 0 Å². The molecule has 2 aromatic carbocycles. The van der Waals surface area contributed by atoms with Gasteiger partial charge in [0.25, 0.3) is 0 Å². The van der Waals surface area contributed by atoms with Crippen molar-refractivity contribution in [1.82, 2.24) is 0 Å². The van der Waals surface area contributed by atoms with E-state index >= 15 is 0 Å². The molecule has 1 unspecified atom stereocenters. The molecule has 1 aliphatic heterocycles. The molecule has 0 radical (unpaired) electrons. The Kier molecular flexibility index (Phi) is 5.49. The average Bonchev–Trinajstić information content (AvgIpc) is 3.09. The van der Waals surface area contributed by atoms with Gasteiger partial charge in [0, 0.05) is 30.4 Å². The Labute approximate surface area is 157 Å². The summed E-state index contributed by atoms with van der Waals surface area (Å²) in [6.45, 7) is 0.316. The first-order valence-electron chi connectivity index (χ1n) is 8.53. The molecule has 27 heavy (non-hydrogen) atoms. The minimum Gasteiger partial charge on any atom is -0.497 e. The Morgan fingerprint density at radius 3 is 2.33 bits per heavy atom. The van der Waals surface area contributed by atoms with Gasteiger partial charge in [0.1, 0.15) is 5.75 Å². The van der Waals surface area contributed by atoms with Crippen molar-refractivity contribution in [3.8, 4) is 17.2 Å². The molecule has 7 heteroatoms. The van der Waals surface area contributed by atoms with Gasteiger partial charge in [-0.25, -0.2) is 0 Å². The molecular formula is C20H22N2O5. The van der Waals surface area contributed by atoms with Crippen LogP contribution in [0, 0.1) is 5.92 Å². The van der Waals surface area contributed by atoms with Gasteiger partial charge in [-0.05, 0) is 36.4 Å². The van der Waals surface area contributed by atoms with Gasteiger partial charge in [0.2, 0.25) is 11.8 Å². The Bertz CT molecular complexity index is 835. The fourth-order valence-electron chi connectivity index (χ4n) is 3.04. The molecule has 1 N–H and O–H groups in total. The van der Waals surface area contributed by atoms with E-state index in [-0.39, 0.29) is 18.2 Å². The van der Waals surface area contributed by atoms with E-state index in [0.29, 0.717) is 35.2 Å². The van der Waals surface area contributed by atoms with Crippen molar-refractivity contribution in [2.75, 3.05) is 38.1 Å². The number of hydrogen-bond donors (Lipinski definition) is 1. The van der Waals surface area contributed by atoms with Gasteiger partial charge in [0.15, 0.2) is 11.5 Å². The molecule has 1 fully saturated rings. The zero-order valence-corrected chi connectivity index (χ0v) is 15.5. The van der Waals surface area contributed by atoms with Crippen molar-refractivity contribution in [1.29, 1.82) is 0 Å². The fourth-order valence-corrected chi connectivity index (χ4v) is 3.04. The third-order valence-corrected chi connectivity index (χ3v) is 4.53. The van der Waals surface area contributed by atoms with Crippen LogP contribution in [0.4, 0.5) is 11.4 Å². The summed E-state index contributed by atoms with van der Waals surface area (Å²) >= 11 is 0. The van der Waals surface area contributed by atoms with E-state index in [1.54, 1.807) is 68.7 Å². The van der Waals surface area contributed by atoms with Crippen LogP contribution in [0.1, 0.15) is 6.42 Å². The molecule has 1 heterocycles. The number of methoxy groups -OCH3 is 3. The third kappa shape index (κ3) is 3.97. The summed E-state index contributed by atoms with van der Waals surface area (Å²) in [6, 6.07) is 12.3. The van der Waals surface area contributed by atoms with Crippen LogP contribution in [-0.4, -0.2) is 39.7 Å². The lowest BCUT2D eigenvalue weighted by atomic mass is 10.1. The van der Waals surface area contributed by atoms with Gasteiger partial charge in [-0.2, -0.15) is 0 Å². The highest BCUT2D eigenvalue weighted by Crippen LogP contribution is 2.34. The first-order chi connectivity index (χ1) is 13.0. The molecule has 0 bridgehead atoms. The van der Waals surface area contributed by atoms with Crippen LogP contribution < -0.4 is 24.4 Å². The monoisotopic (exact) mass is 370 g/mol. The second-order valence-corrected chi connectivity index (χ2v) is 6.16. The third-order valence-electron chi connectivity index (χ3n) is 4.53. The summed E-state index contributed by atoms with van der Waals surface area (Å²) in [7, 11) is 4.68. The highest BCUT2D eigenvalue weighted by Gasteiger charge is 2.35. The second kappa shape index (κ2) is 7.99. The summed E-state index contributed by atoms with van der Waals surface area (Å²) in [5.41, 5.74) is 1.34. The smallest absolute Gasteiger partial charge is 0.229 e. The summed E-state index contributed by atoms with van der Waals surface area (Å²) < 4.78 is 15.6. The van der Waals surface area contributed by atoms with Gasteiger partial charge < -0.3 is 24.4 Å². The molecular weight excluding hydrogens is 348 g/mol. The molecule has 2 amide bonds. The summed E-state index contributed by atoms with van der Waals surface area (Å²) in [5.74, 6) is 1.13. The minimum absolute atomic E-state index is 0.0999. The number of ether oxygens (including phenoxy) is 3. The lowest BCUT2D eigenvalue weighted by Gasteiger charge is -2.18. The fraction of sp³-hybridized carbons (Fsp3) is 0.300. The lowest BCUT2D eigenvalue weighted by Crippen LogP contribution is -2.28. The van der Waals surface area contributed by atoms with Crippen molar-refractivity contribution in [2.24, 2.45) is 5.92 Å². The standard InChI is InChI=1S/C20H22N2O5/c1-25-16-7-4-14(5-8-16)21-20(24)13-10-19(23)22(12-13)15-6-9-17(26-2)18(11-15)27-3/h4-9,11,13H,10,12H2,1-3H3,(H,21,24). The highest BCUT2D eigenvalue weighted by atomic mass is 16.5. The zero-order valence-electron chi connectivity index (χ0n) is 15.5. The van der Waals surface area contributed by atoms with Crippen molar-refractivity contribution < 1.29 is 23.8 Å². The molecule has 0 aliphatic carbocycles. The molecule has 142 valence electrons. The summed E-state index contributed by atoms with van der Waals surface area (Å²) in [5, 5.41) is 2.85. The van der Waals surface area contributed by atoms with Crippen LogP contribution in [0.25, 0.3) is 0 Å². The molecule has 1 atom stereocenters. The van der Waals surface area contributed by atoms with Gasteiger partial charge in [-0.1, -0.05) is 0 Å². The van der Waals surface area contributed by atoms with E-state index < -0.39 is 5.92 Å². The lowest BCUT2D eigenvalue weighted by molar-refractivity contribution is -0.122. The van der Waals surface area contributed by atoms with E-state index in [4.69, 9.17) is 14.2 Å². The van der Waals surface area contributed by atoms with Gasteiger partial charge >= 0.3 is 0 Å². The number of anilines is 2. The Balaban J connectivity index is 1.70. The maximum absolute atomic E-state index is 12.5. The maximum atomic E-state index is 12.5. The molecule has 0 spiro atoms. The van der Waals surface area contributed by atoms with E-state index in [1.165, 1.54) is 0 Å².